The van der Waals surface area contributed by atoms with Gasteiger partial charge in [0.2, 0.25) is 0 Å². The molecule has 1 rings (SSSR count). The Bertz CT molecular complexity index is 443. The van der Waals surface area contributed by atoms with Crippen molar-refractivity contribution in [2.75, 3.05) is 20.8 Å². The van der Waals surface area contributed by atoms with Gasteiger partial charge in [-0.1, -0.05) is 24.3 Å². The molecule has 0 spiro atoms. The third kappa shape index (κ3) is 5.24. The van der Waals surface area contributed by atoms with Crippen molar-refractivity contribution < 1.29 is 14.6 Å². The molecular formula is C15H21NO3. The van der Waals surface area contributed by atoms with E-state index in [0.29, 0.717) is 12.6 Å². The fraction of sp³-hybridized carbons (Fsp3) is 0.400. The monoisotopic (exact) mass is 263 g/mol. The molecule has 4 heteroatoms. The summed E-state index contributed by atoms with van der Waals surface area (Å²) in [7, 11) is 3.72. The van der Waals surface area contributed by atoms with Crippen molar-refractivity contribution in [3.05, 3.63) is 41.5 Å². The van der Waals surface area contributed by atoms with Crippen molar-refractivity contribution >= 4 is 12.0 Å². The zero-order valence-electron chi connectivity index (χ0n) is 11.7. The lowest BCUT2D eigenvalue weighted by Crippen LogP contribution is -2.32. The normalized spacial score (nSPS) is 13.1. The van der Waals surface area contributed by atoms with Gasteiger partial charge in [0.15, 0.2) is 0 Å². The first-order valence-electron chi connectivity index (χ1n) is 6.22. The molecule has 0 bridgehead atoms. The van der Waals surface area contributed by atoms with Gasteiger partial charge < -0.3 is 9.84 Å². The van der Waals surface area contributed by atoms with Crippen LogP contribution in [0.15, 0.2) is 30.3 Å². The number of nitrogens with zero attached hydrogens (tertiary/aromatic N) is 1. The van der Waals surface area contributed by atoms with Crippen molar-refractivity contribution in [1.82, 2.24) is 4.90 Å². The van der Waals surface area contributed by atoms with E-state index in [4.69, 9.17) is 9.84 Å². The SMILES string of the molecule is COCC(C)N(C)Cc1ccccc1C=CC(=O)O. The maximum atomic E-state index is 10.6. The molecule has 0 saturated carbocycles. The van der Waals surface area contributed by atoms with Crippen molar-refractivity contribution in [2.24, 2.45) is 0 Å². The zero-order valence-corrected chi connectivity index (χ0v) is 11.7. The first kappa shape index (κ1) is 15.4. The summed E-state index contributed by atoms with van der Waals surface area (Å²) in [6, 6.07) is 8.11. The Balaban J connectivity index is 2.80. The van der Waals surface area contributed by atoms with Gasteiger partial charge in [-0.25, -0.2) is 4.79 Å². The van der Waals surface area contributed by atoms with Crippen LogP contribution in [0.25, 0.3) is 6.08 Å². The summed E-state index contributed by atoms with van der Waals surface area (Å²) in [5.41, 5.74) is 2.03. The van der Waals surface area contributed by atoms with E-state index in [1.54, 1.807) is 13.2 Å². The Morgan fingerprint density at radius 1 is 1.47 bits per heavy atom. The molecule has 0 aliphatic rings. The third-order valence-electron chi connectivity index (χ3n) is 3.04. The summed E-state index contributed by atoms with van der Waals surface area (Å²) in [4.78, 5) is 12.8. The molecule has 0 aromatic heterocycles. The minimum atomic E-state index is -0.934. The highest BCUT2D eigenvalue weighted by molar-refractivity contribution is 5.85. The van der Waals surface area contributed by atoms with Gasteiger partial charge in [0.25, 0.3) is 0 Å². The van der Waals surface area contributed by atoms with Crippen LogP contribution >= 0.6 is 0 Å². The van der Waals surface area contributed by atoms with E-state index in [2.05, 4.69) is 11.8 Å². The van der Waals surface area contributed by atoms with Crippen molar-refractivity contribution in [3.8, 4) is 0 Å². The topological polar surface area (TPSA) is 49.8 Å². The van der Waals surface area contributed by atoms with E-state index in [-0.39, 0.29) is 0 Å². The van der Waals surface area contributed by atoms with Crippen LogP contribution in [0.2, 0.25) is 0 Å². The fourth-order valence-corrected chi connectivity index (χ4v) is 1.79. The Kier molecular flexibility index (Phi) is 6.25. The zero-order chi connectivity index (χ0) is 14.3. The minimum absolute atomic E-state index is 0.307. The lowest BCUT2D eigenvalue weighted by atomic mass is 10.1. The molecular weight excluding hydrogens is 242 g/mol. The highest BCUT2D eigenvalue weighted by atomic mass is 16.5. The van der Waals surface area contributed by atoms with Gasteiger partial charge in [-0.3, -0.25) is 4.90 Å². The summed E-state index contributed by atoms with van der Waals surface area (Å²) in [5, 5.41) is 8.69. The molecule has 0 aliphatic carbocycles. The lowest BCUT2D eigenvalue weighted by molar-refractivity contribution is -0.131. The van der Waals surface area contributed by atoms with Crippen molar-refractivity contribution in [1.29, 1.82) is 0 Å². The maximum absolute atomic E-state index is 10.6. The van der Waals surface area contributed by atoms with Gasteiger partial charge in [-0.05, 0) is 31.2 Å². The molecule has 1 unspecified atom stereocenters. The number of hydrogen-bond donors (Lipinski definition) is 1. The standard InChI is InChI=1S/C15H21NO3/c1-12(11-19-3)16(2)10-14-7-5-4-6-13(14)8-9-15(17)18/h4-9,12H,10-11H2,1-3H3,(H,17,18). The quantitative estimate of drug-likeness (QED) is 0.767. The third-order valence-corrected chi connectivity index (χ3v) is 3.04. The first-order chi connectivity index (χ1) is 9.04. The molecule has 1 atom stereocenters. The lowest BCUT2D eigenvalue weighted by Gasteiger charge is -2.24. The van der Waals surface area contributed by atoms with E-state index in [0.717, 1.165) is 23.7 Å². The average Bonchev–Trinajstić information content (AvgIpc) is 2.37. The number of aliphatic carboxylic acids is 1. The van der Waals surface area contributed by atoms with Gasteiger partial charge in [0.1, 0.15) is 0 Å². The number of carboxylic acid groups (broad SMARTS) is 1. The molecule has 1 aromatic carbocycles. The van der Waals surface area contributed by atoms with Gasteiger partial charge in [0, 0.05) is 25.8 Å². The molecule has 0 radical (unpaired) electrons. The molecule has 0 heterocycles. The molecule has 104 valence electrons. The van der Waals surface area contributed by atoms with Crippen LogP contribution in [0.3, 0.4) is 0 Å². The number of benzene rings is 1. The van der Waals surface area contributed by atoms with E-state index in [1.165, 1.54) is 0 Å². The van der Waals surface area contributed by atoms with E-state index in [9.17, 15) is 4.79 Å². The molecule has 0 amide bonds. The van der Waals surface area contributed by atoms with Crippen LogP contribution in [0.5, 0.6) is 0 Å². The fourth-order valence-electron chi connectivity index (χ4n) is 1.79. The summed E-state index contributed by atoms with van der Waals surface area (Å²) < 4.78 is 5.14. The maximum Gasteiger partial charge on any atom is 0.328 e. The first-order valence-corrected chi connectivity index (χ1v) is 6.22. The second kappa shape index (κ2) is 7.71. The minimum Gasteiger partial charge on any atom is -0.478 e. The molecule has 1 aromatic rings. The number of hydrogen-bond acceptors (Lipinski definition) is 3. The van der Waals surface area contributed by atoms with Crippen LogP contribution in [-0.2, 0) is 16.1 Å². The number of carboxylic acids is 1. The molecule has 1 N–H and O–H groups in total. The number of methoxy groups -OCH3 is 1. The van der Waals surface area contributed by atoms with E-state index < -0.39 is 5.97 Å². The molecule has 0 aliphatic heterocycles. The van der Waals surface area contributed by atoms with Gasteiger partial charge in [-0.2, -0.15) is 0 Å². The van der Waals surface area contributed by atoms with Crippen LogP contribution in [0, 0.1) is 0 Å². The molecule has 0 saturated heterocycles. The molecule has 19 heavy (non-hydrogen) atoms. The second-order valence-electron chi connectivity index (χ2n) is 4.59. The van der Waals surface area contributed by atoms with Crippen LogP contribution in [0.4, 0.5) is 0 Å². The number of rotatable bonds is 7. The smallest absolute Gasteiger partial charge is 0.328 e. The largest absolute Gasteiger partial charge is 0.478 e. The number of likely N-dealkylation sites (N-methyl/N-ethyl adjacent to an activating group) is 1. The van der Waals surface area contributed by atoms with E-state index in [1.807, 2.05) is 31.3 Å². The average molecular weight is 263 g/mol. The molecule has 4 nitrogen and oxygen atoms in total. The van der Waals surface area contributed by atoms with Crippen LogP contribution < -0.4 is 0 Å². The highest BCUT2D eigenvalue weighted by Gasteiger charge is 2.10. The van der Waals surface area contributed by atoms with Gasteiger partial charge in [0.05, 0.1) is 6.61 Å². The Hall–Kier alpha value is -1.65. The van der Waals surface area contributed by atoms with Gasteiger partial charge >= 0.3 is 5.97 Å². The summed E-state index contributed by atoms with van der Waals surface area (Å²) in [6.07, 6.45) is 2.80. The number of ether oxygens (including phenoxy) is 1. The van der Waals surface area contributed by atoms with Crippen LogP contribution in [-0.4, -0.2) is 42.8 Å². The predicted octanol–water partition coefficient (Wildman–Crippen LogP) is 2.25. The Morgan fingerprint density at radius 3 is 2.79 bits per heavy atom. The van der Waals surface area contributed by atoms with E-state index >= 15 is 0 Å². The summed E-state index contributed by atoms with van der Waals surface area (Å²) >= 11 is 0. The van der Waals surface area contributed by atoms with Crippen molar-refractivity contribution in [3.63, 3.8) is 0 Å². The highest BCUT2D eigenvalue weighted by Crippen LogP contribution is 2.14. The second-order valence-corrected chi connectivity index (χ2v) is 4.59. The summed E-state index contributed by atoms with van der Waals surface area (Å²) in [5.74, 6) is -0.934. The predicted molar refractivity (Wildman–Crippen MR) is 75.9 cm³/mol. The van der Waals surface area contributed by atoms with Gasteiger partial charge in [-0.15, -0.1) is 0 Å². The Morgan fingerprint density at radius 2 is 2.16 bits per heavy atom. The Labute approximate surface area is 114 Å². The van der Waals surface area contributed by atoms with Crippen LogP contribution in [0.1, 0.15) is 18.1 Å². The van der Waals surface area contributed by atoms with Crippen molar-refractivity contribution in [2.45, 2.75) is 19.5 Å². The summed E-state index contributed by atoms with van der Waals surface area (Å²) in [6.45, 7) is 3.52. The number of carbonyl (C=O) groups is 1. The molecule has 0 fully saturated rings.